The molecule has 1 heterocycles. The molecule has 9 heteroatoms. The van der Waals surface area contributed by atoms with Crippen LogP contribution in [0.4, 0.5) is 0 Å². The number of nitrogens with zero attached hydrogens (tertiary/aromatic N) is 2. The standard InChI is InChI=1S/C25H34N4O5/c1-15(2)13-20(21(30)24-28-29(14-16(3)4)25(33)34-24)27-23(32)18-11-8-12-19(18)26-22(31)17-9-6-5-7-10-17/h5-7,9-10,15-16,18-20H,8,11-14H2,1-4H3,(H,26,31)(H,27,32)/t18-,19+,20-/m0/s1. The Bertz CT molecular complexity index is 1060. The largest absolute Gasteiger partial charge is 0.437 e. The van der Waals surface area contributed by atoms with Crippen LogP contribution in [0.1, 0.15) is 74.4 Å². The lowest BCUT2D eigenvalue weighted by atomic mass is 9.97. The van der Waals surface area contributed by atoms with E-state index in [-0.39, 0.29) is 35.6 Å². The first-order valence-electron chi connectivity index (χ1n) is 11.9. The number of rotatable bonds is 10. The summed E-state index contributed by atoms with van der Waals surface area (Å²) >= 11 is 0. The van der Waals surface area contributed by atoms with Crippen molar-refractivity contribution >= 4 is 17.6 Å². The summed E-state index contributed by atoms with van der Waals surface area (Å²) in [6.07, 6.45) is 2.48. The molecule has 184 valence electrons. The number of carbonyl (C=O) groups is 3. The lowest BCUT2D eigenvalue weighted by Crippen LogP contribution is -2.49. The lowest BCUT2D eigenvalue weighted by Gasteiger charge is -2.24. The molecule has 3 atom stereocenters. The summed E-state index contributed by atoms with van der Waals surface area (Å²) in [7, 11) is 0. The maximum Gasteiger partial charge on any atom is 0.437 e. The van der Waals surface area contributed by atoms with E-state index >= 15 is 0 Å². The molecule has 0 spiro atoms. The summed E-state index contributed by atoms with van der Waals surface area (Å²) in [5.74, 6) is -2.21. The second-order valence-electron chi connectivity index (χ2n) is 9.79. The molecule has 0 bridgehead atoms. The van der Waals surface area contributed by atoms with Gasteiger partial charge in [0.2, 0.25) is 11.7 Å². The van der Waals surface area contributed by atoms with Crippen molar-refractivity contribution < 1.29 is 18.8 Å². The Morgan fingerprint density at radius 1 is 1.09 bits per heavy atom. The van der Waals surface area contributed by atoms with Crippen LogP contribution in [0.5, 0.6) is 0 Å². The van der Waals surface area contributed by atoms with Crippen molar-refractivity contribution in [2.24, 2.45) is 17.8 Å². The highest BCUT2D eigenvalue weighted by Crippen LogP contribution is 2.27. The van der Waals surface area contributed by atoms with Crippen LogP contribution in [-0.2, 0) is 11.3 Å². The SMILES string of the molecule is CC(C)C[C@H](NC(=O)[C@H]1CCC[C@H]1NC(=O)c1ccccc1)C(=O)c1nn(CC(C)C)c(=O)o1. The zero-order valence-electron chi connectivity index (χ0n) is 20.2. The molecule has 2 N–H and O–H groups in total. The molecule has 1 aromatic carbocycles. The topological polar surface area (TPSA) is 123 Å². The highest BCUT2D eigenvalue weighted by atomic mass is 16.4. The van der Waals surface area contributed by atoms with E-state index in [2.05, 4.69) is 15.7 Å². The Labute approximate surface area is 199 Å². The Hall–Kier alpha value is -3.23. The number of aromatic nitrogens is 2. The lowest BCUT2D eigenvalue weighted by molar-refractivity contribution is -0.125. The van der Waals surface area contributed by atoms with Crippen molar-refractivity contribution in [1.29, 1.82) is 0 Å². The third-order valence-corrected chi connectivity index (χ3v) is 5.90. The van der Waals surface area contributed by atoms with Crippen molar-refractivity contribution in [3.8, 4) is 0 Å². The maximum atomic E-state index is 13.2. The van der Waals surface area contributed by atoms with Crippen molar-refractivity contribution in [2.45, 2.75) is 72.0 Å². The number of hydrogen-bond donors (Lipinski definition) is 2. The molecule has 1 aromatic heterocycles. The number of nitrogens with one attached hydrogen (secondary N) is 2. The van der Waals surface area contributed by atoms with Gasteiger partial charge in [0.15, 0.2) is 0 Å². The van der Waals surface area contributed by atoms with Crippen LogP contribution in [0.15, 0.2) is 39.5 Å². The molecular weight excluding hydrogens is 436 g/mol. The van der Waals surface area contributed by atoms with Gasteiger partial charge in [-0.1, -0.05) is 52.3 Å². The van der Waals surface area contributed by atoms with Gasteiger partial charge in [-0.3, -0.25) is 14.4 Å². The van der Waals surface area contributed by atoms with E-state index in [4.69, 9.17) is 4.42 Å². The number of Topliss-reactive ketones (excluding diaryl/α,β-unsaturated/α-hetero) is 1. The fourth-order valence-electron chi connectivity index (χ4n) is 4.29. The average molecular weight is 471 g/mol. The zero-order chi connectivity index (χ0) is 24.8. The minimum Gasteiger partial charge on any atom is -0.384 e. The van der Waals surface area contributed by atoms with Gasteiger partial charge in [-0.15, -0.1) is 5.10 Å². The van der Waals surface area contributed by atoms with Crippen molar-refractivity contribution in [1.82, 2.24) is 20.4 Å². The molecule has 2 aromatic rings. The van der Waals surface area contributed by atoms with Gasteiger partial charge in [0.25, 0.3) is 11.8 Å². The van der Waals surface area contributed by atoms with E-state index in [1.807, 2.05) is 33.8 Å². The average Bonchev–Trinajstić information content (AvgIpc) is 3.39. The first-order chi connectivity index (χ1) is 16.2. The summed E-state index contributed by atoms with van der Waals surface area (Å²) in [6.45, 7) is 8.08. The van der Waals surface area contributed by atoms with Crippen molar-refractivity contribution in [3.63, 3.8) is 0 Å². The van der Waals surface area contributed by atoms with Gasteiger partial charge in [0.05, 0.1) is 18.5 Å². The monoisotopic (exact) mass is 470 g/mol. The summed E-state index contributed by atoms with van der Waals surface area (Å²) in [4.78, 5) is 51.0. The molecule has 0 unspecified atom stereocenters. The van der Waals surface area contributed by atoms with Crippen LogP contribution in [0.3, 0.4) is 0 Å². The molecular formula is C25H34N4O5. The van der Waals surface area contributed by atoms with Crippen molar-refractivity contribution in [2.75, 3.05) is 0 Å². The minimum atomic E-state index is -0.871. The van der Waals surface area contributed by atoms with E-state index in [9.17, 15) is 19.2 Å². The second kappa shape index (κ2) is 11.3. The fourth-order valence-corrected chi connectivity index (χ4v) is 4.29. The summed E-state index contributed by atoms with van der Waals surface area (Å²) < 4.78 is 6.25. The Kier molecular flexibility index (Phi) is 8.41. The van der Waals surface area contributed by atoms with Crippen molar-refractivity contribution in [3.05, 3.63) is 52.3 Å². The van der Waals surface area contributed by atoms with E-state index in [1.165, 1.54) is 0 Å². The predicted molar refractivity (Wildman–Crippen MR) is 126 cm³/mol. The van der Waals surface area contributed by atoms with Gasteiger partial charge in [-0.25, -0.2) is 4.79 Å². The molecule has 1 saturated carbocycles. The summed E-state index contributed by atoms with van der Waals surface area (Å²) in [5.41, 5.74) is 0.536. The Balaban J connectivity index is 1.71. The molecule has 34 heavy (non-hydrogen) atoms. The molecule has 1 aliphatic rings. The van der Waals surface area contributed by atoms with E-state index < -0.39 is 23.5 Å². The molecule has 9 nitrogen and oxygen atoms in total. The first kappa shape index (κ1) is 25.4. The highest BCUT2D eigenvalue weighted by molar-refractivity contribution is 5.99. The van der Waals surface area contributed by atoms with Crippen LogP contribution in [-0.4, -0.2) is 39.5 Å². The third-order valence-electron chi connectivity index (χ3n) is 5.90. The molecule has 0 saturated heterocycles. The number of hydrogen-bond acceptors (Lipinski definition) is 6. The Morgan fingerprint density at radius 3 is 2.44 bits per heavy atom. The molecule has 1 aliphatic carbocycles. The normalized spacial score (nSPS) is 18.8. The molecule has 0 radical (unpaired) electrons. The molecule has 3 rings (SSSR count). The highest BCUT2D eigenvalue weighted by Gasteiger charge is 2.37. The minimum absolute atomic E-state index is 0.107. The summed E-state index contributed by atoms with van der Waals surface area (Å²) in [5, 5.41) is 9.87. The van der Waals surface area contributed by atoms with Gasteiger partial charge >= 0.3 is 5.76 Å². The van der Waals surface area contributed by atoms with Crippen LogP contribution in [0, 0.1) is 17.8 Å². The second-order valence-corrected chi connectivity index (χ2v) is 9.79. The molecule has 1 fully saturated rings. The van der Waals surface area contributed by atoms with Crippen LogP contribution in [0.2, 0.25) is 0 Å². The van der Waals surface area contributed by atoms with Gasteiger partial charge < -0.3 is 15.1 Å². The van der Waals surface area contributed by atoms with Crippen LogP contribution in [0.25, 0.3) is 0 Å². The predicted octanol–water partition coefficient (Wildman–Crippen LogP) is 2.80. The van der Waals surface area contributed by atoms with Gasteiger partial charge in [0, 0.05) is 11.6 Å². The van der Waals surface area contributed by atoms with Gasteiger partial charge in [-0.05, 0) is 43.2 Å². The first-order valence-corrected chi connectivity index (χ1v) is 11.9. The number of benzene rings is 1. The Morgan fingerprint density at radius 2 is 1.79 bits per heavy atom. The van der Waals surface area contributed by atoms with E-state index in [0.717, 1.165) is 11.1 Å². The van der Waals surface area contributed by atoms with E-state index in [0.29, 0.717) is 31.4 Å². The zero-order valence-corrected chi connectivity index (χ0v) is 20.2. The van der Waals surface area contributed by atoms with Crippen LogP contribution < -0.4 is 16.4 Å². The van der Waals surface area contributed by atoms with Gasteiger partial charge in [-0.2, -0.15) is 4.68 Å². The van der Waals surface area contributed by atoms with Gasteiger partial charge in [0.1, 0.15) is 0 Å². The third kappa shape index (κ3) is 6.42. The smallest absolute Gasteiger partial charge is 0.384 e. The molecule has 2 amide bonds. The fraction of sp³-hybridized carbons (Fsp3) is 0.560. The molecule has 0 aliphatic heterocycles. The number of ketones is 1. The van der Waals surface area contributed by atoms with E-state index in [1.54, 1.807) is 24.3 Å². The number of amides is 2. The quantitative estimate of drug-likeness (QED) is 0.515. The number of carbonyl (C=O) groups excluding carboxylic acids is 3. The summed E-state index contributed by atoms with van der Waals surface area (Å²) in [6, 6.07) is 7.68. The van der Waals surface area contributed by atoms with Crippen LogP contribution >= 0.6 is 0 Å². The maximum absolute atomic E-state index is 13.2.